The van der Waals surface area contributed by atoms with Gasteiger partial charge in [-0.05, 0) is 23.6 Å². The number of aromatic nitrogens is 1. The minimum Gasteiger partial charge on any atom is -0.342 e. The standard InChI is InChI=1S/C15H16BrN3O2/c16-13-2-1-12-3-4-19(14(12)9-13)10-15(21)18-7-5-17(11-20)6-8-18/h1-4,9,11H,5-8,10H2. The van der Waals surface area contributed by atoms with E-state index in [-0.39, 0.29) is 5.91 Å². The Balaban J connectivity index is 1.72. The third-order valence-corrected chi connectivity index (χ3v) is 4.35. The Kier molecular flexibility index (Phi) is 3.96. The summed E-state index contributed by atoms with van der Waals surface area (Å²) in [4.78, 5) is 26.6. The van der Waals surface area contributed by atoms with Crippen molar-refractivity contribution in [3.63, 3.8) is 0 Å². The second-order valence-corrected chi connectivity index (χ2v) is 6.08. The Morgan fingerprint density at radius 3 is 2.67 bits per heavy atom. The van der Waals surface area contributed by atoms with Crippen LogP contribution in [0.2, 0.25) is 0 Å². The van der Waals surface area contributed by atoms with Crippen LogP contribution in [0.3, 0.4) is 0 Å². The zero-order valence-electron chi connectivity index (χ0n) is 11.5. The van der Waals surface area contributed by atoms with Crippen LogP contribution in [0, 0.1) is 0 Å². The molecule has 0 saturated carbocycles. The first-order valence-corrected chi connectivity index (χ1v) is 7.68. The zero-order chi connectivity index (χ0) is 14.8. The lowest BCUT2D eigenvalue weighted by Gasteiger charge is -2.32. The number of fused-ring (bicyclic) bond motifs is 1. The first kappa shape index (κ1) is 14.1. The molecule has 0 radical (unpaired) electrons. The summed E-state index contributed by atoms with van der Waals surface area (Å²) >= 11 is 3.46. The van der Waals surface area contributed by atoms with Crippen LogP contribution in [-0.2, 0) is 16.1 Å². The monoisotopic (exact) mass is 349 g/mol. The molecule has 1 fully saturated rings. The summed E-state index contributed by atoms with van der Waals surface area (Å²) < 4.78 is 2.97. The zero-order valence-corrected chi connectivity index (χ0v) is 13.1. The van der Waals surface area contributed by atoms with Gasteiger partial charge < -0.3 is 14.4 Å². The van der Waals surface area contributed by atoms with E-state index < -0.39 is 0 Å². The highest BCUT2D eigenvalue weighted by molar-refractivity contribution is 9.10. The molecule has 1 aromatic heterocycles. The molecule has 2 heterocycles. The smallest absolute Gasteiger partial charge is 0.242 e. The molecule has 2 aromatic rings. The maximum absolute atomic E-state index is 12.4. The predicted octanol–water partition coefficient (Wildman–Crippen LogP) is 1.70. The SMILES string of the molecule is O=CN1CCN(C(=O)Cn2ccc3ccc(Br)cc32)CC1. The second-order valence-electron chi connectivity index (χ2n) is 5.17. The molecule has 6 heteroatoms. The molecule has 0 bridgehead atoms. The average Bonchev–Trinajstić information content (AvgIpc) is 2.89. The molecule has 0 N–H and O–H groups in total. The van der Waals surface area contributed by atoms with Crippen molar-refractivity contribution in [2.75, 3.05) is 26.2 Å². The van der Waals surface area contributed by atoms with Gasteiger partial charge in [0.2, 0.25) is 12.3 Å². The van der Waals surface area contributed by atoms with Crippen molar-refractivity contribution in [3.8, 4) is 0 Å². The number of hydrogen-bond acceptors (Lipinski definition) is 2. The highest BCUT2D eigenvalue weighted by Crippen LogP contribution is 2.21. The maximum Gasteiger partial charge on any atom is 0.242 e. The van der Waals surface area contributed by atoms with Crippen molar-refractivity contribution in [3.05, 3.63) is 34.9 Å². The van der Waals surface area contributed by atoms with Gasteiger partial charge >= 0.3 is 0 Å². The molecule has 0 spiro atoms. The van der Waals surface area contributed by atoms with E-state index >= 15 is 0 Å². The molecule has 1 saturated heterocycles. The molecule has 1 aliphatic heterocycles. The van der Waals surface area contributed by atoms with Gasteiger partial charge in [-0.15, -0.1) is 0 Å². The number of amides is 2. The summed E-state index contributed by atoms with van der Waals surface area (Å²) in [5, 5.41) is 1.12. The van der Waals surface area contributed by atoms with Crippen LogP contribution in [0.1, 0.15) is 0 Å². The molecular formula is C15H16BrN3O2. The lowest BCUT2D eigenvalue weighted by Crippen LogP contribution is -2.48. The summed E-state index contributed by atoms with van der Waals surface area (Å²) in [6.07, 6.45) is 2.79. The van der Waals surface area contributed by atoms with E-state index in [1.54, 1.807) is 4.90 Å². The van der Waals surface area contributed by atoms with Crippen molar-refractivity contribution in [1.82, 2.24) is 14.4 Å². The fraction of sp³-hybridized carbons (Fsp3) is 0.333. The van der Waals surface area contributed by atoms with Crippen LogP contribution >= 0.6 is 15.9 Å². The third-order valence-electron chi connectivity index (χ3n) is 3.86. The van der Waals surface area contributed by atoms with E-state index in [0.717, 1.165) is 21.8 Å². The Labute approximate surface area is 131 Å². The average molecular weight is 350 g/mol. The number of rotatable bonds is 3. The fourth-order valence-corrected chi connectivity index (χ4v) is 2.97. The van der Waals surface area contributed by atoms with Gasteiger partial charge in [0.05, 0.1) is 0 Å². The van der Waals surface area contributed by atoms with E-state index in [2.05, 4.69) is 15.9 Å². The number of piperazine rings is 1. The molecule has 21 heavy (non-hydrogen) atoms. The van der Waals surface area contributed by atoms with Gasteiger partial charge in [0.1, 0.15) is 6.54 Å². The number of carbonyl (C=O) groups excluding carboxylic acids is 2. The summed E-state index contributed by atoms with van der Waals surface area (Å²) in [6.45, 7) is 2.79. The van der Waals surface area contributed by atoms with Gasteiger partial charge in [0.15, 0.2) is 0 Å². The summed E-state index contributed by atoms with van der Waals surface area (Å²) in [5.74, 6) is 0.0954. The van der Waals surface area contributed by atoms with Crippen LogP contribution in [0.4, 0.5) is 0 Å². The molecule has 2 amide bonds. The van der Waals surface area contributed by atoms with Gasteiger partial charge in [-0.25, -0.2) is 0 Å². The Morgan fingerprint density at radius 1 is 1.19 bits per heavy atom. The molecule has 1 aliphatic rings. The second kappa shape index (κ2) is 5.89. The lowest BCUT2D eigenvalue weighted by molar-refractivity contribution is -0.135. The topological polar surface area (TPSA) is 45.6 Å². The van der Waals surface area contributed by atoms with E-state index in [9.17, 15) is 9.59 Å². The van der Waals surface area contributed by atoms with Gasteiger partial charge in [-0.1, -0.05) is 22.0 Å². The summed E-state index contributed by atoms with van der Waals surface area (Å²) in [6, 6.07) is 8.06. The number of benzene rings is 1. The van der Waals surface area contributed by atoms with E-state index in [1.165, 1.54) is 0 Å². The van der Waals surface area contributed by atoms with Crippen molar-refractivity contribution >= 4 is 39.2 Å². The summed E-state index contributed by atoms with van der Waals surface area (Å²) in [7, 11) is 0. The van der Waals surface area contributed by atoms with Crippen molar-refractivity contribution in [2.24, 2.45) is 0 Å². The van der Waals surface area contributed by atoms with Crippen LogP contribution < -0.4 is 0 Å². The maximum atomic E-state index is 12.4. The molecule has 0 aliphatic carbocycles. The summed E-state index contributed by atoms with van der Waals surface area (Å²) in [5.41, 5.74) is 1.05. The highest BCUT2D eigenvalue weighted by atomic mass is 79.9. The number of hydrogen-bond donors (Lipinski definition) is 0. The molecule has 1 aromatic carbocycles. The first-order chi connectivity index (χ1) is 10.2. The van der Waals surface area contributed by atoms with E-state index in [1.807, 2.05) is 39.9 Å². The minimum atomic E-state index is 0.0954. The van der Waals surface area contributed by atoms with Gasteiger partial charge in [0, 0.05) is 42.4 Å². The van der Waals surface area contributed by atoms with Crippen LogP contribution in [0.5, 0.6) is 0 Å². The predicted molar refractivity (Wildman–Crippen MR) is 83.9 cm³/mol. The van der Waals surface area contributed by atoms with E-state index in [0.29, 0.717) is 32.7 Å². The number of halogens is 1. The Hall–Kier alpha value is -1.82. The largest absolute Gasteiger partial charge is 0.342 e. The van der Waals surface area contributed by atoms with Crippen LogP contribution in [0.15, 0.2) is 34.9 Å². The molecule has 3 rings (SSSR count). The van der Waals surface area contributed by atoms with Crippen molar-refractivity contribution in [1.29, 1.82) is 0 Å². The number of carbonyl (C=O) groups is 2. The van der Waals surface area contributed by atoms with Crippen LogP contribution in [0.25, 0.3) is 10.9 Å². The Morgan fingerprint density at radius 2 is 1.95 bits per heavy atom. The molecule has 0 unspecified atom stereocenters. The van der Waals surface area contributed by atoms with E-state index in [4.69, 9.17) is 0 Å². The quantitative estimate of drug-likeness (QED) is 0.791. The van der Waals surface area contributed by atoms with Gasteiger partial charge in [-0.2, -0.15) is 0 Å². The minimum absolute atomic E-state index is 0.0954. The highest BCUT2D eigenvalue weighted by Gasteiger charge is 2.20. The molecule has 5 nitrogen and oxygen atoms in total. The van der Waals surface area contributed by atoms with Crippen molar-refractivity contribution < 1.29 is 9.59 Å². The molecule has 0 atom stereocenters. The van der Waals surface area contributed by atoms with Crippen molar-refractivity contribution in [2.45, 2.75) is 6.54 Å². The molecule has 110 valence electrons. The van der Waals surface area contributed by atoms with Crippen LogP contribution in [-0.4, -0.2) is 52.9 Å². The molecular weight excluding hydrogens is 334 g/mol. The first-order valence-electron chi connectivity index (χ1n) is 6.89. The lowest BCUT2D eigenvalue weighted by atomic mass is 10.2. The van der Waals surface area contributed by atoms with Gasteiger partial charge in [0.25, 0.3) is 0 Å². The Bertz CT molecular complexity index is 675. The number of nitrogens with zero attached hydrogens (tertiary/aromatic N) is 3. The third kappa shape index (κ3) is 2.95. The fourth-order valence-electron chi connectivity index (χ4n) is 2.62. The van der Waals surface area contributed by atoms with Gasteiger partial charge in [-0.3, -0.25) is 9.59 Å². The normalized spacial score (nSPS) is 15.5.